The average molecular weight is 171 g/mol. The molecule has 0 aliphatic carbocycles. The summed E-state index contributed by atoms with van der Waals surface area (Å²) >= 11 is 0. The van der Waals surface area contributed by atoms with Gasteiger partial charge in [-0.1, -0.05) is 0 Å². The second-order valence-electron chi connectivity index (χ2n) is 2.36. The number of amidine groups is 1. The van der Waals surface area contributed by atoms with Crippen molar-refractivity contribution >= 4 is 18.2 Å². The van der Waals surface area contributed by atoms with Gasteiger partial charge in [-0.2, -0.15) is 0 Å². The van der Waals surface area contributed by atoms with Crippen molar-refractivity contribution in [3.8, 4) is 0 Å². The lowest BCUT2D eigenvalue weighted by molar-refractivity contribution is -0.123. The fourth-order valence-corrected chi connectivity index (χ4v) is 0.873. The molecule has 1 atom stereocenters. The van der Waals surface area contributed by atoms with Crippen LogP contribution in [0.3, 0.4) is 0 Å². The minimum Gasteiger partial charge on any atom is -0.387 e. The zero-order chi connectivity index (χ0) is 9.19. The van der Waals surface area contributed by atoms with Gasteiger partial charge in [0.05, 0.1) is 6.42 Å². The Morgan fingerprint density at radius 3 is 2.92 bits per heavy atom. The first kappa shape index (κ1) is 8.47. The summed E-state index contributed by atoms with van der Waals surface area (Å²) in [5, 5.41) is 4.37. The van der Waals surface area contributed by atoms with E-state index in [1.807, 2.05) is 0 Å². The van der Waals surface area contributed by atoms with Gasteiger partial charge in [-0.3, -0.25) is 15.3 Å². The van der Waals surface area contributed by atoms with E-state index in [1.165, 1.54) is 0 Å². The first-order chi connectivity index (χ1) is 5.56. The Morgan fingerprint density at radius 2 is 2.42 bits per heavy atom. The number of rotatable bonds is 2. The summed E-state index contributed by atoms with van der Waals surface area (Å²) in [4.78, 5) is 24.5. The van der Waals surface area contributed by atoms with E-state index in [0.29, 0.717) is 6.41 Å². The van der Waals surface area contributed by atoms with Gasteiger partial charge >= 0.3 is 0 Å². The fourth-order valence-electron chi connectivity index (χ4n) is 0.873. The van der Waals surface area contributed by atoms with E-state index >= 15 is 0 Å². The standard InChI is InChI=1S/C5H9N5O2/c6-3-1-4(12)10-5(7,9-3)8-2-11/h2H,1,7H2,(H2,6,9)(H,8,11)(H,10,12). The molecule has 6 N–H and O–H groups in total. The maximum absolute atomic E-state index is 10.9. The molecule has 1 heterocycles. The van der Waals surface area contributed by atoms with Crippen molar-refractivity contribution in [3.05, 3.63) is 0 Å². The van der Waals surface area contributed by atoms with Crippen molar-refractivity contribution in [2.45, 2.75) is 12.3 Å². The average Bonchev–Trinajstić information content (AvgIpc) is 1.82. The molecule has 1 rings (SSSR count). The van der Waals surface area contributed by atoms with Crippen molar-refractivity contribution in [1.82, 2.24) is 10.6 Å². The van der Waals surface area contributed by atoms with Gasteiger partial charge in [0.1, 0.15) is 5.84 Å². The lowest BCUT2D eigenvalue weighted by atomic mass is 10.3. The first-order valence-electron chi connectivity index (χ1n) is 3.21. The summed E-state index contributed by atoms with van der Waals surface area (Å²) in [6.07, 6.45) is 0.335. The molecule has 66 valence electrons. The lowest BCUT2D eigenvalue weighted by Crippen LogP contribution is -2.66. The molecule has 1 unspecified atom stereocenters. The number of aliphatic imine (C=N–C) groups is 1. The SMILES string of the molecule is NC1=NC(N)(NC=O)NC(=O)C1. The molecule has 1 aliphatic heterocycles. The van der Waals surface area contributed by atoms with Crippen molar-refractivity contribution < 1.29 is 9.59 Å². The quantitative estimate of drug-likeness (QED) is 0.264. The highest BCUT2D eigenvalue weighted by Crippen LogP contribution is 2.00. The van der Waals surface area contributed by atoms with Crippen LogP contribution in [0.25, 0.3) is 0 Å². The molecule has 12 heavy (non-hydrogen) atoms. The van der Waals surface area contributed by atoms with Crippen LogP contribution >= 0.6 is 0 Å². The summed E-state index contributed by atoms with van der Waals surface area (Å²) in [5.74, 6) is -1.86. The van der Waals surface area contributed by atoms with Crippen molar-refractivity contribution in [2.24, 2.45) is 16.5 Å². The van der Waals surface area contributed by atoms with Gasteiger partial charge in [-0.25, -0.2) is 4.99 Å². The molecule has 1 aliphatic rings. The number of amides is 2. The van der Waals surface area contributed by atoms with E-state index in [0.717, 1.165) is 0 Å². The van der Waals surface area contributed by atoms with Gasteiger partial charge in [0.15, 0.2) is 0 Å². The van der Waals surface area contributed by atoms with E-state index in [2.05, 4.69) is 15.6 Å². The van der Waals surface area contributed by atoms with Crippen molar-refractivity contribution in [3.63, 3.8) is 0 Å². The number of nitrogens with zero attached hydrogens (tertiary/aromatic N) is 1. The number of carbonyl (C=O) groups excluding carboxylic acids is 2. The molecule has 0 aromatic heterocycles. The molecule has 0 saturated carbocycles. The minimum atomic E-state index is -1.58. The summed E-state index contributed by atoms with van der Waals surface area (Å²) in [6.45, 7) is 0. The Hall–Kier alpha value is -1.63. The summed E-state index contributed by atoms with van der Waals surface area (Å²) < 4.78 is 0. The summed E-state index contributed by atoms with van der Waals surface area (Å²) in [5.41, 5.74) is 10.7. The van der Waals surface area contributed by atoms with E-state index < -0.39 is 5.91 Å². The van der Waals surface area contributed by atoms with Crippen LogP contribution < -0.4 is 22.1 Å². The maximum Gasteiger partial charge on any atom is 0.269 e. The molecule has 0 radical (unpaired) electrons. The van der Waals surface area contributed by atoms with Crippen LogP contribution in [0.1, 0.15) is 6.42 Å². The van der Waals surface area contributed by atoms with Gasteiger partial charge in [0.25, 0.3) is 5.91 Å². The molecule has 2 amide bonds. The molecule has 0 aromatic rings. The highest BCUT2D eigenvalue weighted by molar-refractivity contribution is 6.01. The van der Waals surface area contributed by atoms with E-state index in [4.69, 9.17) is 11.5 Å². The lowest BCUT2D eigenvalue weighted by Gasteiger charge is -2.28. The predicted molar refractivity (Wildman–Crippen MR) is 40.5 cm³/mol. The number of nitrogens with one attached hydrogen (secondary N) is 2. The normalized spacial score (nSPS) is 28.8. The highest BCUT2D eigenvalue weighted by Gasteiger charge is 2.30. The van der Waals surface area contributed by atoms with Crippen LogP contribution in [0, 0.1) is 0 Å². The van der Waals surface area contributed by atoms with Crippen molar-refractivity contribution in [1.29, 1.82) is 0 Å². The van der Waals surface area contributed by atoms with Crippen molar-refractivity contribution in [2.75, 3.05) is 0 Å². The maximum atomic E-state index is 10.9. The van der Waals surface area contributed by atoms with Gasteiger partial charge in [0.2, 0.25) is 12.3 Å². The molecule has 0 fully saturated rings. The van der Waals surface area contributed by atoms with E-state index in [9.17, 15) is 9.59 Å². The Labute approximate surface area is 68.2 Å². The van der Waals surface area contributed by atoms with Gasteiger partial charge in [-0.15, -0.1) is 0 Å². The fraction of sp³-hybridized carbons (Fsp3) is 0.400. The van der Waals surface area contributed by atoms with Crippen LogP contribution in [-0.2, 0) is 9.59 Å². The van der Waals surface area contributed by atoms with Crippen LogP contribution in [0.5, 0.6) is 0 Å². The number of hydrogen-bond donors (Lipinski definition) is 4. The van der Waals surface area contributed by atoms with Gasteiger partial charge in [-0.05, 0) is 0 Å². The smallest absolute Gasteiger partial charge is 0.269 e. The monoisotopic (exact) mass is 171 g/mol. The molecule has 0 bridgehead atoms. The Balaban J connectivity index is 2.83. The predicted octanol–water partition coefficient (Wildman–Crippen LogP) is -2.82. The highest BCUT2D eigenvalue weighted by atomic mass is 16.2. The zero-order valence-electron chi connectivity index (χ0n) is 6.20. The minimum absolute atomic E-state index is 0.000509. The number of hydrogen-bond acceptors (Lipinski definition) is 5. The van der Waals surface area contributed by atoms with E-state index in [-0.39, 0.29) is 18.2 Å². The van der Waals surface area contributed by atoms with Gasteiger partial charge < -0.3 is 16.4 Å². The first-order valence-corrected chi connectivity index (χ1v) is 3.21. The Morgan fingerprint density at radius 1 is 1.75 bits per heavy atom. The zero-order valence-corrected chi connectivity index (χ0v) is 6.20. The Kier molecular flexibility index (Phi) is 1.96. The third-order valence-electron chi connectivity index (χ3n) is 1.27. The van der Waals surface area contributed by atoms with Crippen LogP contribution in [0.15, 0.2) is 4.99 Å². The second-order valence-corrected chi connectivity index (χ2v) is 2.36. The van der Waals surface area contributed by atoms with Crippen LogP contribution in [0.2, 0.25) is 0 Å². The van der Waals surface area contributed by atoms with Crippen LogP contribution in [0.4, 0.5) is 0 Å². The number of nitrogens with two attached hydrogens (primary N) is 2. The molecule has 0 saturated heterocycles. The molecule has 7 heteroatoms. The molecule has 7 nitrogen and oxygen atoms in total. The second kappa shape index (κ2) is 2.78. The Bertz CT molecular complexity index is 250. The topological polar surface area (TPSA) is 123 Å². The third-order valence-corrected chi connectivity index (χ3v) is 1.27. The molecular formula is C5H9N5O2. The summed E-state index contributed by atoms with van der Waals surface area (Å²) in [7, 11) is 0. The number of carbonyl (C=O) groups is 2. The van der Waals surface area contributed by atoms with Gasteiger partial charge in [0, 0.05) is 0 Å². The molecule has 0 aromatic carbocycles. The largest absolute Gasteiger partial charge is 0.387 e. The summed E-state index contributed by atoms with van der Waals surface area (Å²) in [6, 6.07) is 0. The molecular weight excluding hydrogens is 162 g/mol. The van der Waals surface area contributed by atoms with E-state index in [1.54, 1.807) is 0 Å². The molecule has 0 spiro atoms. The third kappa shape index (κ3) is 1.70. The van der Waals surface area contributed by atoms with Crippen LogP contribution in [-0.4, -0.2) is 24.1 Å².